The van der Waals surface area contributed by atoms with Crippen molar-refractivity contribution in [1.29, 1.82) is 5.26 Å². The van der Waals surface area contributed by atoms with Gasteiger partial charge in [-0.05, 0) is 18.2 Å². The Morgan fingerprint density at radius 2 is 1.76 bits per heavy atom. The number of ether oxygens (including phenoxy) is 1. The molecule has 0 spiro atoms. The molecule has 2 aromatic carbocycles. The zero-order chi connectivity index (χ0) is 15.2. The molecule has 0 N–H and O–H groups in total. The third kappa shape index (κ3) is 3.76. The Bertz CT molecular complexity index is 667. The van der Waals surface area contributed by atoms with E-state index in [1.807, 2.05) is 6.07 Å². The summed E-state index contributed by atoms with van der Waals surface area (Å²) >= 11 is 0. The Kier molecular flexibility index (Phi) is 4.83. The monoisotopic (exact) mass is 291 g/mol. The molecule has 5 heteroatoms. The summed E-state index contributed by atoms with van der Waals surface area (Å²) < 4.78 is 44.6. The zero-order valence-corrected chi connectivity index (χ0v) is 11.0. The minimum absolute atomic E-state index is 0.0949. The maximum atomic E-state index is 13.6. The van der Waals surface area contributed by atoms with E-state index in [9.17, 15) is 13.2 Å². The number of nitrogens with zero attached hydrogens (tertiary/aromatic N) is 1. The van der Waals surface area contributed by atoms with E-state index >= 15 is 0 Å². The van der Waals surface area contributed by atoms with Gasteiger partial charge in [-0.1, -0.05) is 18.2 Å². The van der Waals surface area contributed by atoms with Crippen molar-refractivity contribution in [2.75, 3.05) is 6.61 Å². The first-order valence-electron chi connectivity index (χ1n) is 6.33. The lowest BCUT2D eigenvalue weighted by molar-refractivity contribution is 0.302. The Morgan fingerprint density at radius 3 is 2.43 bits per heavy atom. The average molecular weight is 291 g/mol. The smallest absolute Gasteiger partial charge is 0.162 e. The Balaban J connectivity index is 1.97. The van der Waals surface area contributed by atoms with Crippen molar-refractivity contribution < 1.29 is 17.9 Å². The minimum Gasteiger partial charge on any atom is -0.493 e. The Morgan fingerprint density at radius 1 is 1.00 bits per heavy atom. The molecular formula is C16H12F3NO. The van der Waals surface area contributed by atoms with Crippen LogP contribution in [0.4, 0.5) is 13.2 Å². The van der Waals surface area contributed by atoms with Crippen LogP contribution in [0.5, 0.6) is 5.75 Å². The first-order chi connectivity index (χ1) is 10.1. The molecule has 0 bridgehead atoms. The van der Waals surface area contributed by atoms with Crippen molar-refractivity contribution in [2.45, 2.75) is 12.3 Å². The summed E-state index contributed by atoms with van der Waals surface area (Å²) in [5.41, 5.74) is 0.300. The topological polar surface area (TPSA) is 33.0 Å². The number of halogens is 3. The first-order valence-corrected chi connectivity index (χ1v) is 6.33. The van der Waals surface area contributed by atoms with Crippen LogP contribution in [0.25, 0.3) is 0 Å². The van der Waals surface area contributed by atoms with Gasteiger partial charge in [0.15, 0.2) is 11.6 Å². The van der Waals surface area contributed by atoms with Crippen LogP contribution in [-0.2, 0) is 0 Å². The lowest BCUT2D eigenvalue weighted by atomic mass is 9.97. The molecule has 0 amide bonds. The Labute approximate surface area is 120 Å². The van der Waals surface area contributed by atoms with Crippen LogP contribution in [-0.4, -0.2) is 6.61 Å². The van der Waals surface area contributed by atoms with Crippen LogP contribution < -0.4 is 4.74 Å². The summed E-state index contributed by atoms with van der Waals surface area (Å²) in [4.78, 5) is 0. The standard InChI is InChI=1S/C16H12F3NO/c17-14-4-2-1-3-13(14)11(10-20)7-8-21-12-5-6-15(18)16(19)9-12/h1-6,9,11H,7-8H2. The molecule has 2 rings (SSSR count). The van der Waals surface area contributed by atoms with Crippen LogP contribution in [0.1, 0.15) is 17.9 Å². The van der Waals surface area contributed by atoms with Gasteiger partial charge in [-0.15, -0.1) is 0 Å². The third-order valence-electron chi connectivity index (χ3n) is 3.00. The molecule has 2 aromatic rings. The van der Waals surface area contributed by atoms with Gasteiger partial charge in [0, 0.05) is 18.1 Å². The number of hydrogen-bond acceptors (Lipinski definition) is 2. The van der Waals surface area contributed by atoms with Gasteiger partial charge in [-0.3, -0.25) is 0 Å². The molecule has 0 fully saturated rings. The van der Waals surface area contributed by atoms with Gasteiger partial charge < -0.3 is 4.74 Å². The van der Waals surface area contributed by atoms with Crippen molar-refractivity contribution >= 4 is 0 Å². The van der Waals surface area contributed by atoms with E-state index in [1.54, 1.807) is 18.2 Å². The quantitative estimate of drug-likeness (QED) is 0.828. The normalized spacial score (nSPS) is 11.7. The maximum absolute atomic E-state index is 13.6. The predicted molar refractivity (Wildman–Crippen MR) is 71.2 cm³/mol. The molecule has 0 saturated heterocycles. The second-order valence-electron chi connectivity index (χ2n) is 4.42. The molecule has 0 saturated carbocycles. The fraction of sp³-hybridized carbons (Fsp3) is 0.188. The van der Waals surface area contributed by atoms with E-state index in [4.69, 9.17) is 10.00 Å². The van der Waals surface area contributed by atoms with Crippen molar-refractivity contribution in [2.24, 2.45) is 0 Å². The molecule has 0 aliphatic carbocycles. The maximum Gasteiger partial charge on any atom is 0.162 e. The molecule has 0 aliphatic rings. The van der Waals surface area contributed by atoms with E-state index < -0.39 is 23.4 Å². The summed E-state index contributed by atoms with van der Waals surface area (Å²) in [7, 11) is 0. The molecule has 1 atom stereocenters. The van der Waals surface area contributed by atoms with Crippen LogP contribution in [0.2, 0.25) is 0 Å². The predicted octanol–water partition coefficient (Wildman–Crippen LogP) is 4.18. The number of hydrogen-bond donors (Lipinski definition) is 0. The van der Waals surface area contributed by atoms with E-state index in [-0.39, 0.29) is 18.8 Å². The van der Waals surface area contributed by atoms with Gasteiger partial charge in [0.2, 0.25) is 0 Å². The molecule has 2 nitrogen and oxygen atoms in total. The molecule has 0 aliphatic heterocycles. The lowest BCUT2D eigenvalue weighted by Gasteiger charge is -2.11. The summed E-state index contributed by atoms with van der Waals surface area (Å²) in [6, 6.07) is 11.2. The summed E-state index contributed by atoms with van der Waals surface area (Å²) in [6.45, 7) is 0.0949. The van der Waals surface area contributed by atoms with Crippen LogP contribution in [0, 0.1) is 28.8 Å². The summed E-state index contributed by atoms with van der Waals surface area (Å²) in [5.74, 6) is -2.89. The summed E-state index contributed by atoms with van der Waals surface area (Å²) in [6.07, 6.45) is 0.246. The fourth-order valence-electron chi connectivity index (χ4n) is 1.91. The van der Waals surface area contributed by atoms with Gasteiger partial charge in [0.05, 0.1) is 18.6 Å². The van der Waals surface area contributed by atoms with Crippen LogP contribution in [0.3, 0.4) is 0 Å². The van der Waals surface area contributed by atoms with Crippen molar-refractivity contribution in [3.63, 3.8) is 0 Å². The summed E-state index contributed by atoms with van der Waals surface area (Å²) in [5, 5.41) is 9.10. The molecular weight excluding hydrogens is 279 g/mol. The van der Waals surface area contributed by atoms with E-state index in [2.05, 4.69) is 0 Å². The van der Waals surface area contributed by atoms with E-state index in [0.29, 0.717) is 5.56 Å². The Hall–Kier alpha value is -2.48. The van der Waals surface area contributed by atoms with Gasteiger partial charge in [0.1, 0.15) is 11.6 Å². The highest BCUT2D eigenvalue weighted by Crippen LogP contribution is 2.23. The first kappa shape index (κ1) is 14.9. The molecule has 21 heavy (non-hydrogen) atoms. The van der Waals surface area contributed by atoms with Crippen molar-refractivity contribution in [3.05, 3.63) is 65.5 Å². The van der Waals surface area contributed by atoms with Crippen molar-refractivity contribution in [3.8, 4) is 11.8 Å². The number of rotatable bonds is 5. The molecule has 0 aromatic heterocycles. The number of nitriles is 1. The molecule has 108 valence electrons. The highest BCUT2D eigenvalue weighted by atomic mass is 19.2. The lowest BCUT2D eigenvalue weighted by Crippen LogP contribution is -2.06. The van der Waals surface area contributed by atoms with Gasteiger partial charge in [-0.2, -0.15) is 5.26 Å². The molecule has 0 radical (unpaired) electrons. The second kappa shape index (κ2) is 6.80. The SMILES string of the molecule is N#CC(CCOc1ccc(F)c(F)c1)c1ccccc1F. The highest BCUT2D eigenvalue weighted by molar-refractivity contribution is 5.27. The van der Waals surface area contributed by atoms with Gasteiger partial charge in [-0.25, -0.2) is 13.2 Å². The van der Waals surface area contributed by atoms with Gasteiger partial charge in [0.25, 0.3) is 0 Å². The zero-order valence-electron chi connectivity index (χ0n) is 11.0. The minimum atomic E-state index is -1.00. The molecule has 1 unspecified atom stereocenters. The second-order valence-corrected chi connectivity index (χ2v) is 4.42. The largest absolute Gasteiger partial charge is 0.493 e. The van der Waals surface area contributed by atoms with Crippen molar-refractivity contribution in [1.82, 2.24) is 0 Å². The highest BCUT2D eigenvalue weighted by Gasteiger charge is 2.15. The molecule has 0 heterocycles. The van der Waals surface area contributed by atoms with E-state index in [1.165, 1.54) is 12.1 Å². The number of benzene rings is 2. The third-order valence-corrected chi connectivity index (χ3v) is 3.00. The average Bonchev–Trinajstić information content (AvgIpc) is 2.48. The van der Waals surface area contributed by atoms with E-state index in [0.717, 1.165) is 12.1 Å². The fourth-order valence-corrected chi connectivity index (χ4v) is 1.91. The van der Waals surface area contributed by atoms with Crippen LogP contribution >= 0.6 is 0 Å². The van der Waals surface area contributed by atoms with Crippen LogP contribution in [0.15, 0.2) is 42.5 Å². The van der Waals surface area contributed by atoms with Gasteiger partial charge >= 0.3 is 0 Å².